The average Bonchev–Trinajstić information content (AvgIpc) is 3.17. The highest BCUT2D eigenvalue weighted by Gasteiger charge is 2.41. The van der Waals surface area contributed by atoms with Gasteiger partial charge in [-0.05, 0) is 25.7 Å². The lowest BCUT2D eigenvalue weighted by Crippen LogP contribution is -2.55. The Kier molecular flexibility index (Phi) is 5.91. The highest BCUT2D eigenvalue weighted by atomic mass is 32.2. The van der Waals surface area contributed by atoms with E-state index in [0.717, 1.165) is 37.4 Å². The van der Waals surface area contributed by atoms with Gasteiger partial charge >= 0.3 is 0 Å². The first-order valence-electron chi connectivity index (χ1n) is 8.55. The summed E-state index contributed by atoms with van der Waals surface area (Å²) in [4.78, 5) is 37.6. The van der Waals surface area contributed by atoms with Gasteiger partial charge in [-0.3, -0.25) is 19.3 Å². The summed E-state index contributed by atoms with van der Waals surface area (Å²) < 4.78 is 0. The Balaban J connectivity index is 1.54. The van der Waals surface area contributed by atoms with Gasteiger partial charge in [0.15, 0.2) is 0 Å². The molecule has 0 aromatic carbocycles. The largest absolute Gasteiger partial charge is 0.351 e. The average molecular weight is 357 g/mol. The third kappa shape index (κ3) is 4.24. The number of nitrogens with zero attached hydrogens (tertiary/aromatic N) is 1. The highest BCUT2D eigenvalue weighted by Crippen LogP contribution is 2.31. The first-order chi connectivity index (χ1) is 11.1. The van der Waals surface area contributed by atoms with Gasteiger partial charge in [0.25, 0.3) is 5.24 Å². The zero-order chi connectivity index (χ0) is 16.2. The second-order valence-corrected chi connectivity index (χ2v) is 8.78. The van der Waals surface area contributed by atoms with Crippen molar-refractivity contribution >= 4 is 40.6 Å². The van der Waals surface area contributed by atoms with Gasteiger partial charge in [0, 0.05) is 11.3 Å². The first-order valence-corrected chi connectivity index (χ1v) is 10.6. The highest BCUT2D eigenvalue weighted by molar-refractivity contribution is 8.14. The molecule has 0 aromatic rings. The Morgan fingerprint density at radius 2 is 1.83 bits per heavy atom. The van der Waals surface area contributed by atoms with Crippen molar-refractivity contribution in [3.63, 3.8) is 0 Å². The van der Waals surface area contributed by atoms with Crippen molar-refractivity contribution in [1.82, 2.24) is 10.2 Å². The van der Waals surface area contributed by atoms with Crippen LogP contribution in [-0.2, 0) is 9.59 Å². The molecule has 1 N–H and O–H groups in total. The number of hydrogen-bond donors (Lipinski definition) is 1. The van der Waals surface area contributed by atoms with Gasteiger partial charge in [-0.2, -0.15) is 0 Å². The zero-order valence-electron chi connectivity index (χ0n) is 13.3. The topological polar surface area (TPSA) is 66.5 Å². The zero-order valence-corrected chi connectivity index (χ0v) is 14.9. The van der Waals surface area contributed by atoms with Gasteiger partial charge in [-0.25, -0.2) is 0 Å². The lowest BCUT2D eigenvalue weighted by molar-refractivity contribution is -0.128. The fourth-order valence-corrected chi connectivity index (χ4v) is 5.67. The molecule has 0 aromatic heterocycles. The molecule has 2 atom stereocenters. The molecule has 1 saturated heterocycles. The van der Waals surface area contributed by atoms with Crippen molar-refractivity contribution in [2.24, 2.45) is 0 Å². The lowest BCUT2D eigenvalue weighted by Gasteiger charge is -2.36. The van der Waals surface area contributed by atoms with Crippen LogP contribution in [0.25, 0.3) is 0 Å². The SMILES string of the molecule is O=C(CSC1CCCC1)N[C@@H]1CCCC[C@@H]1N1C(=O)CSC1=O. The van der Waals surface area contributed by atoms with E-state index in [2.05, 4.69) is 5.32 Å². The molecular formula is C16H24N2O3S2. The van der Waals surface area contributed by atoms with Crippen molar-refractivity contribution in [1.29, 1.82) is 0 Å². The maximum Gasteiger partial charge on any atom is 0.289 e. The molecule has 5 nitrogen and oxygen atoms in total. The quantitative estimate of drug-likeness (QED) is 0.820. The van der Waals surface area contributed by atoms with Crippen LogP contribution in [0.2, 0.25) is 0 Å². The van der Waals surface area contributed by atoms with Crippen molar-refractivity contribution in [3.05, 3.63) is 0 Å². The van der Waals surface area contributed by atoms with Crippen LogP contribution in [0.3, 0.4) is 0 Å². The standard InChI is InChI=1S/C16H24N2O3S2/c19-14(9-22-11-5-1-2-6-11)17-12-7-3-4-8-13(12)18-15(20)10-23-16(18)21/h11-13H,1-10H2,(H,17,19)/t12-,13+/m1/s1. The summed E-state index contributed by atoms with van der Waals surface area (Å²) in [5, 5.41) is 3.57. The molecule has 3 rings (SSSR count). The monoisotopic (exact) mass is 356 g/mol. The maximum absolute atomic E-state index is 12.3. The number of imide groups is 1. The number of rotatable bonds is 5. The van der Waals surface area contributed by atoms with Crippen molar-refractivity contribution in [2.45, 2.75) is 68.7 Å². The maximum atomic E-state index is 12.3. The van der Waals surface area contributed by atoms with E-state index in [4.69, 9.17) is 0 Å². The third-order valence-corrected chi connectivity index (χ3v) is 7.15. The molecule has 2 aliphatic carbocycles. The Morgan fingerprint density at radius 1 is 1.13 bits per heavy atom. The number of thioether (sulfide) groups is 2. The van der Waals surface area contributed by atoms with Crippen molar-refractivity contribution in [3.8, 4) is 0 Å². The predicted octanol–water partition coefficient (Wildman–Crippen LogP) is 2.79. The molecule has 3 aliphatic rings. The number of amides is 3. The van der Waals surface area contributed by atoms with Crippen LogP contribution < -0.4 is 5.32 Å². The molecule has 23 heavy (non-hydrogen) atoms. The second kappa shape index (κ2) is 7.92. The van der Waals surface area contributed by atoms with E-state index in [-0.39, 0.29) is 34.9 Å². The minimum Gasteiger partial charge on any atom is -0.351 e. The number of hydrogen-bond acceptors (Lipinski definition) is 5. The van der Waals surface area contributed by atoms with Crippen LogP contribution in [0.4, 0.5) is 4.79 Å². The summed E-state index contributed by atoms with van der Waals surface area (Å²) >= 11 is 2.83. The molecule has 1 aliphatic heterocycles. The number of carbonyl (C=O) groups excluding carboxylic acids is 3. The molecule has 2 saturated carbocycles. The normalized spacial score (nSPS) is 29.3. The summed E-state index contributed by atoms with van der Waals surface area (Å²) in [6.45, 7) is 0. The Hall–Kier alpha value is -0.690. The first kappa shape index (κ1) is 17.1. The number of carbonyl (C=O) groups is 3. The summed E-state index contributed by atoms with van der Waals surface area (Å²) in [5.41, 5.74) is 0. The van der Waals surface area contributed by atoms with E-state index in [1.807, 2.05) is 0 Å². The fourth-order valence-electron chi connectivity index (χ4n) is 3.77. The molecule has 0 spiro atoms. The molecule has 0 unspecified atom stereocenters. The van der Waals surface area contributed by atoms with E-state index >= 15 is 0 Å². The van der Waals surface area contributed by atoms with Gasteiger partial charge in [0.2, 0.25) is 11.8 Å². The summed E-state index contributed by atoms with van der Waals surface area (Å²) in [6, 6.07) is -0.230. The van der Waals surface area contributed by atoms with Gasteiger partial charge in [0.1, 0.15) is 0 Å². The predicted molar refractivity (Wildman–Crippen MR) is 93.6 cm³/mol. The molecule has 0 radical (unpaired) electrons. The Labute approximate surface area is 145 Å². The van der Waals surface area contributed by atoms with E-state index in [0.29, 0.717) is 11.0 Å². The minimum atomic E-state index is -0.154. The van der Waals surface area contributed by atoms with Crippen LogP contribution in [0.15, 0.2) is 0 Å². The van der Waals surface area contributed by atoms with Crippen LogP contribution >= 0.6 is 23.5 Å². The van der Waals surface area contributed by atoms with Gasteiger partial charge in [-0.15, -0.1) is 11.8 Å². The van der Waals surface area contributed by atoms with Crippen molar-refractivity contribution < 1.29 is 14.4 Å². The lowest BCUT2D eigenvalue weighted by atomic mass is 9.89. The van der Waals surface area contributed by atoms with Gasteiger partial charge in [-0.1, -0.05) is 37.4 Å². The molecule has 1 heterocycles. The third-order valence-electron chi connectivity index (χ3n) is 4.94. The number of nitrogens with one attached hydrogen (secondary N) is 1. The van der Waals surface area contributed by atoms with E-state index < -0.39 is 0 Å². The Bertz CT molecular complexity index is 464. The second-order valence-electron chi connectivity index (χ2n) is 6.56. The van der Waals surface area contributed by atoms with Gasteiger partial charge < -0.3 is 5.32 Å². The summed E-state index contributed by atoms with van der Waals surface area (Å²) in [7, 11) is 0. The van der Waals surface area contributed by atoms with E-state index in [9.17, 15) is 14.4 Å². The molecule has 3 fully saturated rings. The van der Waals surface area contributed by atoms with Gasteiger partial charge in [0.05, 0.1) is 17.5 Å². The molecule has 7 heteroatoms. The molecule has 3 amide bonds. The van der Waals surface area contributed by atoms with E-state index in [1.165, 1.54) is 30.6 Å². The minimum absolute atomic E-state index is 0.0468. The smallest absolute Gasteiger partial charge is 0.289 e. The van der Waals surface area contributed by atoms with E-state index in [1.54, 1.807) is 11.8 Å². The van der Waals surface area contributed by atoms with Crippen LogP contribution in [0, 0.1) is 0 Å². The molecular weight excluding hydrogens is 332 g/mol. The van der Waals surface area contributed by atoms with Crippen LogP contribution in [0.5, 0.6) is 0 Å². The molecule has 128 valence electrons. The van der Waals surface area contributed by atoms with Crippen LogP contribution in [-0.4, -0.2) is 50.8 Å². The van der Waals surface area contributed by atoms with Crippen molar-refractivity contribution in [2.75, 3.05) is 11.5 Å². The Morgan fingerprint density at radius 3 is 2.52 bits per heavy atom. The van der Waals surface area contributed by atoms with Crippen LogP contribution in [0.1, 0.15) is 51.4 Å². The summed E-state index contributed by atoms with van der Waals surface area (Å²) in [5.74, 6) is 0.676. The molecule has 0 bridgehead atoms. The fraction of sp³-hybridized carbons (Fsp3) is 0.812. The summed E-state index contributed by atoms with van der Waals surface area (Å²) in [6.07, 6.45) is 8.71.